The highest BCUT2D eigenvalue weighted by Gasteiger charge is 2.32. The Morgan fingerprint density at radius 1 is 1.00 bits per heavy atom. The van der Waals surface area contributed by atoms with E-state index in [1.165, 1.54) is 38.3 Å². The van der Waals surface area contributed by atoms with Crippen molar-refractivity contribution in [3.8, 4) is 0 Å². The first kappa shape index (κ1) is 17.8. The quantitative estimate of drug-likeness (QED) is 0.624. The molecule has 6 heteroatoms. The molecule has 4 saturated heterocycles. The lowest BCUT2D eigenvalue weighted by Crippen LogP contribution is -2.64. The van der Waals surface area contributed by atoms with E-state index in [-0.39, 0.29) is 0 Å². The molecule has 26 heavy (non-hydrogen) atoms. The zero-order valence-electron chi connectivity index (χ0n) is 16.0. The van der Waals surface area contributed by atoms with E-state index in [0.717, 1.165) is 45.2 Å². The van der Waals surface area contributed by atoms with E-state index >= 15 is 0 Å². The number of guanidine groups is 1. The number of hydrogen-bond acceptors (Lipinski definition) is 4. The molecule has 1 N–H and O–H groups in total. The van der Waals surface area contributed by atoms with Gasteiger partial charge in [-0.3, -0.25) is 19.7 Å². The van der Waals surface area contributed by atoms with Crippen molar-refractivity contribution in [2.75, 3.05) is 72.5 Å². The minimum absolute atomic E-state index is 0.633. The van der Waals surface area contributed by atoms with Crippen LogP contribution in [0.3, 0.4) is 0 Å². The second-order valence-corrected chi connectivity index (χ2v) is 7.67. The summed E-state index contributed by atoms with van der Waals surface area (Å²) >= 11 is 0. The van der Waals surface area contributed by atoms with Gasteiger partial charge in [-0.05, 0) is 5.56 Å². The summed E-state index contributed by atoms with van der Waals surface area (Å²) in [5.74, 6) is 1.07. The maximum absolute atomic E-state index is 4.55. The summed E-state index contributed by atoms with van der Waals surface area (Å²) in [7, 11) is 1.91. The molecule has 4 heterocycles. The Labute approximate surface area is 157 Å². The van der Waals surface area contributed by atoms with E-state index in [9.17, 15) is 0 Å². The number of benzene rings is 1. The molecule has 0 aliphatic carbocycles. The Hall–Kier alpha value is -1.63. The van der Waals surface area contributed by atoms with Crippen LogP contribution in [0.2, 0.25) is 0 Å². The molecule has 4 aliphatic heterocycles. The van der Waals surface area contributed by atoms with Gasteiger partial charge in [-0.15, -0.1) is 0 Å². The first-order valence-corrected chi connectivity index (χ1v) is 10.00. The van der Waals surface area contributed by atoms with Crippen LogP contribution in [0.4, 0.5) is 0 Å². The van der Waals surface area contributed by atoms with Crippen molar-refractivity contribution in [3.05, 3.63) is 35.9 Å². The average Bonchev–Trinajstić information content (AvgIpc) is 2.71. The van der Waals surface area contributed by atoms with Gasteiger partial charge in [0.1, 0.15) is 0 Å². The number of hydrogen-bond donors (Lipinski definition) is 1. The Bertz CT molecular complexity index is 588. The highest BCUT2D eigenvalue weighted by molar-refractivity contribution is 5.80. The number of nitrogens with zero attached hydrogens (tertiary/aromatic N) is 5. The van der Waals surface area contributed by atoms with Crippen molar-refractivity contribution in [2.45, 2.75) is 12.6 Å². The van der Waals surface area contributed by atoms with Gasteiger partial charge in [0.15, 0.2) is 5.96 Å². The highest BCUT2D eigenvalue weighted by Crippen LogP contribution is 2.15. The third-order valence-corrected chi connectivity index (χ3v) is 6.02. The second kappa shape index (κ2) is 8.37. The van der Waals surface area contributed by atoms with E-state index in [4.69, 9.17) is 0 Å². The molecule has 1 aromatic carbocycles. The monoisotopic (exact) mass is 356 g/mol. The van der Waals surface area contributed by atoms with Gasteiger partial charge in [0.2, 0.25) is 0 Å². The fraction of sp³-hybridized carbons (Fsp3) is 0.650. The van der Waals surface area contributed by atoms with E-state index in [0.29, 0.717) is 6.04 Å². The summed E-state index contributed by atoms with van der Waals surface area (Å²) in [6.45, 7) is 12.5. The number of rotatable bonds is 4. The minimum atomic E-state index is 0.633. The predicted molar refractivity (Wildman–Crippen MR) is 106 cm³/mol. The molecular formula is C20H32N6. The zero-order chi connectivity index (χ0) is 17.8. The molecule has 0 spiro atoms. The molecule has 1 unspecified atom stereocenters. The Kier molecular flexibility index (Phi) is 5.72. The van der Waals surface area contributed by atoms with Gasteiger partial charge in [-0.2, -0.15) is 0 Å². The molecule has 0 aromatic heterocycles. The van der Waals surface area contributed by atoms with Crippen LogP contribution in [0.15, 0.2) is 35.3 Å². The van der Waals surface area contributed by atoms with Crippen molar-refractivity contribution in [1.82, 2.24) is 24.9 Å². The van der Waals surface area contributed by atoms with Crippen LogP contribution >= 0.6 is 0 Å². The van der Waals surface area contributed by atoms with Crippen LogP contribution in [0.5, 0.6) is 0 Å². The van der Waals surface area contributed by atoms with E-state index in [1.54, 1.807) is 0 Å². The summed E-state index contributed by atoms with van der Waals surface area (Å²) in [6, 6.07) is 11.4. The number of aliphatic imine (C=N–C) groups is 1. The van der Waals surface area contributed by atoms with E-state index in [2.05, 4.69) is 60.2 Å². The molecule has 142 valence electrons. The summed E-state index contributed by atoms with van der Waals surface area (Å²) < 4.78 is 0. The first-order chi connectivity index (χ1) is 12.8. The molecule has 6 nitrogen and oxygen atoms in total. The van der Waals surface area contributed by atoms with Crippen LogP contribution in [-0.2, 0) is 6.54 Å². The average molecular weight is 357 g/mol. The topological polar surface area (TPSA) is 37.4 Å². The Balaban J connectivity index is 1.23. The third-order valence-electron chi connectivity index (χ3n) is 6.02. The van der Waals surface area contributed by atoms with Crippen LogP contribution in [0, 0.1) is 0 Å². The normalized spacial score (nSPS) is 29.8. The molecule has 5 rings (SSSR count). The third kappa shape index (κ3) is 4.19. The fourth-order valence-electron chi connectivity index (χ4n) is 4.42. The number of piperazine rings is 4. The van der Waals surface area contributed by atoms with Crippen molar-refractivity contribution in [1.29, 1.82) is 0 Å². The minimum Gasteiger partial charge on any atom is -0.355 e. The molecule has 0 radical (unpaired) electrons. The van der Waals surface area contributed by atoms with Crippen molar-refractivity contribution >= 4 is 5.96 Å². The predicted octanol–water partition coefficient (Wildman–Crippen LogP) is 0.379. The molecule has 1 aromatic rings. The molecule has 4 aliphatic rings. The lowest BCUT2D eigenvalue weighted by molar-refractivity contribution is 0.0151. The van der Waals surface area contributed by atoms with Gasteiger partial charge in [-0.1, -0.05) is 30.3 Å². The molecule has 1 atom stereocenters. The highest BCUT2D eigenvalue weighted by atomic mass is 15.4. The van der Waals surface area contributed by atoms with E-state index in [1.807, 2.05) is 7.05 Å². The second-order valence-electron chi connectivity index (χ2n) is 7.67. The first-order valence-electron chi connectivity index (χ1n) is 10.00. The van der Waals surface area contributed by atoms with Gasteiger partial charge >= 0.3 is 0 Å². The van der Waals surface area contributed by atoms with Gasteiger partial charge in [-0.25, -0.2) is 0 Å². The summed E-state index contributed by atoms with van der Waals surface area (Å²) in [5, 5.41) is 3.65. The van der Waals surface area contributed by atoms with Crippen molar-refractivity contribution in [3.63, 3.8) is 0 Å². The van der Waals surface area contributed by atoms with Crippen LogP contribution in [-0.4, -0.2) is 104 Å². The van der Waals surface area contributed by atoms with Crippen molar-refractivity contribution in [2.24, 2.45) is 4.99 Å². The van der Waals surface area contributed by atoms with Crippen LogP contribution in [0.25, 0.3) is 0 Å². The molecule has 0 amide bonds. The summed E-state index contributed by atoms with van der Waals surface area (Å²) in [5.41, 5.74) is 1.40. The molecular weight excluding hydrogens is 324 g/mol. The van der Waals surface area contributed by atoms with Gasteiger partial charge < -0.3 is 10.2 Å². The van der Waals surface area contributed by atoms with E-state index < -0.39 is 0 Å². The lowest BCUT2D eigenvalue weighted by atomic mass is 10.1. The van der Waals surface area contributed by atoms with Crippen LogP contribution < -0.4 is 5.32 Å². The smallest absolute Gasteiger partial charge is 0.193 e. The Morgan fingerprint density at radius 2 is 1.73 bits per heavy atom. The largest absolute Gasteiger partial charge is 0.355 e. The number of fused-ring (bicyclic) bond motifs is 3. The zero-order valence-corrected chi connectivity index (χ0v) is 16.0. The summed E-state index contributed by atoms with van der Waals surface area (Å²) in [4.78, 5) is 14.7. The van der Waals surface area contributed by atoms with Crippen LogP contribution in [0.1, 0.15) is 5.56 Å². The van der Waals surface area contributed by atoms with Gasteiger partial charge in [0.05, 0.1) is 0 Å². The maximum atomic E-state index is 4.55. The lowest BCUT2D eigenvalue weighted by Gasteiger charge is -2.47. The standard InChI is InChI=1S/C20H32N6/c1-21-20(22-15-19-17-24-7-11-25(19)12-8-24)26-13-9-23(10-14-26)16-18-5-3-2-4-6-18/h2-6,19H,7-17H2,1H3,(H,21,22). The Morgan fingerprint density at radius 3 is 2.35 bits per heavy atom. The SMILES string of the molecule is CN=C(NCC1CN2CCN1CC2)N1CCN(Cc2ccccc2)CC1. The van der Waals surface area contributed by atoms with Gasteiger partial charge in [0, 0.05) is 85.1 Å². The molecule has 4 fully saturated rings. The fourth-order valence-corrected chi connectivity index (χ4v) is 4.42. The molecule has 0 saturated carbocycles. The maximum Gasteiger partial charge on any atom is 0.193 e. The van der Waals surface area contributed by atoms with Gasteiger partial charge in [0.25, 0.3) is 0 Å². The van der Waals surface area contributed by atoms with Crippen molar-refractivity contribution < 1.29 is 0 Å². The molecule has 2 bridgehead atoms. The summed E-state index contributed by atoms with van der Waals surface area (Å²) in [6.07, 6.45) is 0. The number of nitrogens with one attached hydrogen (secondary N) is 1.